The number of nitrogens with zero attached hydrogens (tertiary/aromatic N) is 1. The Morgan fingerprint density at radius 1 is 1.26 bits per heavy atom. The molecule has 3 atom stereocenters. The van der Waals surface area contributed by atoms with Gasteiger partial charge in [0.15, 0.2) is 11.7 Å². The molecule has 1 amide bonds. The number of nitrogens with one attached hydrogen (secondary N) is 2. The number of amides is 1. The van der Waals surface area contributed by atoms with Gasteiger partial charge in [-0.15, -0.1) is 11.8 Å². The molecule has 2 unspecified atom stereocenters. The quantitative estimate of drug-likeness (QED) is 0.453. The van der Waals surface area contributed by atoms with Crippen molar-refractivity contribution in [2.45, 2.75) is 17.2 Å². The predicted octanol–water partition coefficient (Wildman–Crippen LogP) is 3.58. The summed E-state index contributed by atoms with van der Waals surface area (Å²) >= 11 is 3.04. The SMILES string of the molecule is O=C(CSC1NC(c2ccc(C(=O)O)cc2)=CS1)NC[C@H]1CN(CC2C=C(F)C(F)=CC2)CCO1. The fourth-order valence-electron chi connectivity index (χ4n) is 4.02. The zero-order valence-corrected chi connectivity index (χ0v) is 20.5. The number of carbonyl (C=O) groups excluding carboxylic acids is 1. The molecular weight excluding hydrogens is 496 g/mol. The van der Waals surface area contributed by atoms with Crippen molar-refractivity contribution in [3.63, 3.8) is 0 Å². The second-order valence-electron chi connectivity index (χ2n) is 8.46. The largest absolute Gasteiger partial charge is 0.478 e. The number of benzene rings is 1. The first-order valence-electron chi connectivity index (χ1n) is 11.3. The number of allylic oxidation sites excluding steroid dienone is 3. The van der Waals surface area contributed by atoms with E-state index in [2.05, 4.69) is 15.5 Å². The number of carboxylic acid groups (broad SMARTS) is 1. The first-order valence-corrected chi connectivity index (χ1v) is 13.3. The lowest BCUT2D eigenvalue weighted by molar-refractivity contribution is -0.119. The van der Waals surface area contributed by atoms with Crippen molar-refractivity contribution in [3.8, 4) is 0 Å². The Bertz CT molecular complexity index is 1030. The molecule has 2 heterocycles. The van der Waals surface area contributed by atoms with Gasteiger partial charge in [0, 0.05) is 31.9 Å². The van der Waals surface area contributed by atoms with Crippen LogP contribution in [0.1, 0.15) is 22.3 Å². The Morgan fingerprint density at radius 3 is 2.80 bits per heavy atom. The molecule has 0 radical (unpaired) electrons. The smallest absolute Gasteiger partial charge is 0.335 e. The second kappa shape index (κ2) is 12.1. The van der Waals surface area contributed by atoms with Crippen LogP contribution in [0.4, 0.5) is 8.78 Å². The minimum atomic E-state index is -0.962. The Labute approximate surface area is 211 Å². The van der Waals surface area contributed by atoms with E-state index in [1.807, 2.05) is 5.41 Å². The van der Waals surface area contributed by atoms with Gasteiger partial charge >= 0.3 is 5.97 Å². The molecular formula is C24H27F2N3O4S2. The monoisotopic (exact) mass is 523 g/mol. The van der Waals surface area contributed by atoms with Gasteiger partial charge in [-0.1, -0.05) is 23.9 Å². The van der Waals surface area contributed by atoms with Crippen LogP contribution in [0, 0.1) is 5.92 Å². The lowest BCUT2D eigenvalue weighted by Crippen LogP contribution is -2.48. The molecule has 188 valence electrons. The first-order chi connectivity index (χ1) is 16.9. The van der Waals surface area contributed by atoms with E-state index in [1.165, 1.54) is 23.9 Å². The highest BCUT2D eigenvalue weighted by Gasteiger charge is 2.25. The number of halogens is 2. The Balaban J connectivity index is 1.14. The fraction of sp³-hybridized carbons (Fsp3) is 0.417. The molecule has 7 nitrogen and oxygen atoms in total. The van der Waals surface area contributed by atoms with Gasteiger partial charge in [0.2, 0.25) is 5.91 Å². The summed E-state index contributed by atoms with van der Waals surface area (Å²) in [5.41, 5.74) is 2.02. The van der Waals surface area contributed by atoms with Gasteiger partial charge in [0.05, 0.1) is 24.0 Å². The zero-order valence-electron chi connectivity index (χ0n) is 18.9. The molecule has 1 aromatic rings. The third-order valence-electron chi connectivity index (χ3n) is 5.84. The molecule has 0 bridgehead atoms. The molecule has 3 N–H and O–H groups in total. The predicted molar refractivity (Wildman–Crippen MR) is 134 cm³/mol. The van der Waals surface area contributed by atoms with E-state index in [0.29, 0.717) is 32.7 Å². The summed E-state index contributed by atoms with van der Waals surface area (Å²) in [4.78, 5) is 25.5. The number of carbonyl (C=O) groups is 2. The summed E-state index contributed by atoms with van der Waals surface area (Å²) in [6.07, 6.45) is 2.97. The van der Waals surface area contributed by atoms with Gasteiger partial charge in [0.1, 0.15) is 4.71 Å². The molecule has 35 heavy (non-hydrogen) atoms. The number of ether oxygens (including phenoxy) is 1. The number of morpholine rings is 1. The maximum Gasteiger partial charge on any atom is 0.335 e. The van der Waals surface area contributed by atoms with Crippen LogP contribution in [0.2, 0.25) is 0 Å². The third kappa shape index (κ3) is 7.33. The molecule has 11 heteroatoms. The fourth-order valence-corrected chi connectivity index (χ4v) is 5.97. The van der Waals surface area contributed by atoms with E-state index < -0.39 is 17.6 Å². The Morgan fingerprint density at radius 2 is 2.06 bits per heavy atom. The maximum absolute atomic E-state index is 13.5. The molecule has 1 aromatic carbocycles. The van der Waals surface area contributed by atoms with E-state index in [4.69, 9.17) is 9.84 Å². The molecule has 4 rings (SSSR count). The van der Waals surface area contributed by atoms with Crippen molar-refractivity contribution in [1.82, 2.24) is 15.5 Å². The number of hydrogen-bond acceptors (Lipinski definition) is 7. The van der Waals surface area contributed by atoms with E-state index in [9.17, 15) is 18.4 Å². The van der Waals surface area contributed by atoms with Crippen molar-refractivity contribution in [1.29, 1.82) is 0 Å². The van der Waals surface area contributed by atoms with Crippen LogP contribution in [-0.4, -0.2) is 71.2 Å². The summed E-state index contributed by atoms with van der Waals surface area (Å²) in [5, 5.41) is 17.2. The van der Waals surface area contributed by atoms with Crippen molar-refractivity contribution >= 4 is 41.1 Å². The van der Waals surface area contributed by atoms with E-state index in [-0.39, 0.29) is 34.0 Å². The maximum atomic E-state index is 13.5. The van der Waals surface area contributed by atoms with Crippen LogP contribution in [0.5, 0.6) is 0 Å². The standard InChI is InChI=1S/C24H27F2N3O4S2/c25-19-6-1-15(9-20(19)26)11-29-7-8-33-18(12-29)10-27-22(30)14-35-24-28-21(13-34-24)16-2-4-17(5-3-16)23(31)32/h2-6,9,13,15,18,24,28H,1,7-8,10-12,14H2,(H,27,30)(H,31,32)/t15?,18-,24?/m0/s1. The lowest BCUT2D eigenvalue weighted by atomic mass is 9.99. The summed E-state index contributed by atoms with van der Waals surface area (Å²) in [7, 11) is 0. The van der Waals surface area contributed by atoms with E-state index in [0.717, 1.165) is 17.8 Å². The van der Waals surface area contributed by atoms with Gasteiger partial charge in [-0.25, -0.2) is 13.6 Å². The van der Waals surface area contributed by atoms with Crippen LogP contribution in [0.25, 0.3) is 5.70 Å². The molecule has 3 aliphatic rings. The highest BCUT2D eigenvalue weighted by Crippen LogP contribution is 2.33. The van der Waals surface area contributed by atoms with Crippen molar-refractivity contribution in [2.75, 3.05) is 38.5 Å². The van der Waals surface area contributed by atoms with Crippen LogP contribution in [0.3, 0.4) is 0 Å². The minimum absolute atomic E-state index is 0.0147. The Kier molecular flexibility index (Phi) is 8.88. The molecule has 1 fully saturated rings. The number of hydrogen-bond donors (Lipinski definition) is 3. The van der Waals surface area contributed by atoms with Gasteiger partial charge in [-0.05, 0) is 47.6 Å². The first kappa shape index (κ1) is 25.7. The molecule has 0 spiro atoms. The highest BCUT2D eigenvalue weighted by atomic mass is 32.2. The van der Waals surface area contributed by atoms with Crippen molar-refractivity contribution < 1.29 is 28.2 Å². The Hall–Kier alpha value is -2.34. The topological polar surface area (TPSA) is 90.9 Å². The average molecular weight is 524 g/mol. The van der Waals surface area contributed by atoms with Crippen molar-refractivity contribution in [3.05, 3.63) is 64.6 Å². The normalized spacial score (nSPS) is 24.7. The number of thioether (sulfide) groups is 2. The third-order valence-corrected chi connectivity index (χ3v) is 8.17. The van der Waals surface area contributed by atoms with Crippen LogP contribution >= 0.6 is 23.5 Å². The highest BCUT2D eigenvalue weighted by molar-refractivity contribution is 8.18. The van der Waals surface area contributed by atoms with Gasteiger partial charge < -0.3 is 20.5 Å². The van der Waals surface area contributed by atoms with Gasteiger partial charge in [-0.2, -0.15) is 0 Å². The second-order valence-corrected chi connectivity index (χ2v) is 10.8. The van der Waals surface area contributed by atoms with Crippen molar-refractivity contribution in [2.24, 2.45) is 5.92 Å². The number of carboxylic acids is 1. The van der Waals surface area contributed by atoms with E-state index >= 15 is 0 Å². The molecule has 2 aliphatic heterocycles. The minimum Gasteiger partial charge on any atom is -0.478 e. The molecule has 0 aromatic heterocycles. The summed E-state index contributed by atoms with van der Waals surface area (Å²) in [6, 6.07) is 6.64. The van der Waals surface area contributed by atoms with Gasteiger partial charge in [0.25, 0.3) is 0 Å². The summed E-state index contributed by atoms with van der Waals surface area (Å²) in [5.74, 6) is -2.40. The van der Waals surface area contributed by atoms with Crippen LogP contribution in [0.15, 0.2) is 53.5 Å². The van der Waals surface area contributed by atoms with Gasteiger partial charge in [-0.3, -0.25) is 9.69 Å². The molecule has 0 saturated carbocycles. The number of rotatable bonds is 9. The van der Waals surface area contributed by atoms with Crippen LogP contribution in [-0.2, 0) is 9.53 Å². The average Bonchev–Trinajstić information content (AvgIpc) is 3.33. The van der Waals surface area contributed by atoms with E-state index in [1.54, 1.807) is 36.0 Å². The summed E-state index contributed by atoms with van der Waals surface area (Å²) in [6.45, 7) is 2.89. The lowest BCUT2D eigenvalue weighted by Gasteiger charge is -2.34. The van der Waals surface area contributed by atoms with Crippen LogP contribution < -0.4 is 10.6 Å². The molecule has 1 saturated heterocycles. The molecule has 1 aliphatic carbocycles. The summed E-state index contributed by atoms with van der Waals surface area (Å²) < 4.78 is 32.4. The number of aromatic carboxylic acids is 1. The zero-order chi connectivity index (χ0) is 24.8.